The predicted octanol–water partition coefficient (Wildman–Crippen LogP) is -1.23. The minimum atomic E-state index is -1.07. The van der Waals surface area contributed by atoms with E-state index in [0.717, 1.165) is 5.69 Å². The number of fused-ring (bicyclic) bond motifs is 1. The number of aliphatic carboxylic acids is 1. The Morgan fingerprint density at radius 3 is 2.90 bits per heavy atom. The Morgan fingerprint density at radius 1 is 1.38 bits per heavy atom. The van der Waals surface area contributed by atoms with Gasteiger partial charge in [-0.3, -0.25) is 4.79 Å². The van der Waals surface area contributed by atoms with Gasteiger partial charge in [0.25, 0.3) is 0 Å². The van der Waals surface area contributed by atoms with E-state index < -0.39 is 18.0 Å². The lowest BCUT2D eigenvalue weighted by atomic mass is 10.0. The van der Waals surface area contributed by atoms with Crippen LogP contribution >= 0.6 is 0 Å². The number of imidazole rings is 1. The molecular weight excluding hydrogens is 278 g/mol. The van der Waals surface area contributed by atoms with Crippen molar-refractivity contribution in [2.75, 3.05) is 19.6 Å². The maximum Gasteiger partial charge on any atom is 0.326 e. The number of carboxylic acids is 1. The molecule has 21 heavy (non-hydrogen) atoms. The van der Waals surface area contributed by atoms with Crippen LogP contribution in [0.4, 0.5) is 4.79 Å². The van der Waals surface area contributed by atoms with Crippen LogP contribution in [0, 0.1) is 0 Å². The van der Waals surface area contributed by atoms with E-state index in [-0.39, 0.29) is 25.4 Å². The summed E-state index contributed by atoms with van der Waals surface area (Å²) in [4.78, 5) is 45.0. The van der Waals surface area contributed by atoms with Crippen molar-refractivity contribution < 1.29 is 19.5 Å². The third kappa shape index (κ3) is 2.41. The van der Waals surface area contributed by atoms with E-state index in [9.17, 15) is 19.5 Å². The number of nitrogens with zero attached hydrogens (tertiary/aromatic N) is 3. The molecule has 1 atom stereocenters. The second-order valence-corrected chi connectivity index (χ2v) is 5.07. The molecule has 9 heteroatoms. The molecule has 9 nitrogen and oxygen atoms in total. The fourth-order valence-corrected chi connectivity index (χ4v) is 2.64. The molecule has 1 unspecified atom stereocenters. The van der Waals surface area contributed by atoms with Gasteiger partial charge in [-0.2, -0.15) is 0 Å². The van der Waals surface area contributed by atoms with Gasteiger partial charge in [0.15, 0.2) is 0 Å². The highest BCUT2D eigenvalue weighted by Gasteiger charge is 2.38. The molecule has 1 aromatic rings. The number of aromatic nitrogens is 2. The third-order valence-electron chi connectivity index (χ3n) is 3.74. The summed E-state index contributed by atoms with van der Waals surface area (Å²) >= 11 is 0. The second-order valence-electron chi connectivity index (χ2n) is 5.07. The summed E-state index contributed by atoms with van der Waals surface area (Å²) in [6.45, 7) is 0.870. The van der Waals surface area contributed by atoms with Crippen molar-refractivity contribution in [1.82, 2.24) is 25.1 Å². The third-order valence-corrected chi connectivity index (χ3v) is 3.74. The molecular formula is C12H15N5O4. The van der Waals surface area contributed by atoms with Gasteiger partial charge in [0.1, 0.15) is 12.6 Å². The van der Waals surface area contributed by atoms with Crippen LogP contribution < -0.4 is 5.32 Å². The zero-order chi connectivity index (χ0) is 15.0. The van der Waals surface area contributed by atoms with Gasteiger partial charge >= 0.3 is 12.0 Å². The molecule has 2 aliphatic rings. The van der Waals surface area contributed by atoms with Crippen molar-refractivity contribution in [2.24, 2.45) is 0 Å². The summed E-state index contributed by atoms with van der Waals surface area (Å²) in [5, 5.41) is 12.0. The van der Waals surface area contributed by atoms with E-state index in [1.54, 1.807) is 0 Å². The fourth-order valence-electron chi connectivity index (χ4n) is 2.64. The number of nitrogens with one attached hydrogen (secondary N) is 2. The standard InChI is InChI=1S/C12H15N5O4/c18-10-5-16(2-1-13-10)12(21)17-4-8-7(14-6-15-8)3-9(17)11(19)20/h6,9H,1-5H2,(H,13,18)(H,14,15)(H,19,20). The van der Waals surface area contributed by atoms with Crippen LogP contribution in [0.5, 0.6) is 0 Å². The van der Waals surface area contributed by atoms with Crippen LogP contribution in [0.2, 0.25) is 0 Å². The number of piperazine rings is 1. The van der Waals surface area contributed by atoms with Crippen LogP contribution in [-0.2, 0) is 22.6 Å². The Hall–Kier alpha value is -2.58. The molecule has 3 heterocycles. The van der Waals surface area contributed by atoms with Gasteiger partial charge < -0.3 is 25.2 Å². The van der Waals surface area contributed by atoms with E-state index in [2.05, 4.69) is 15.3 Å². The van der Waals surface area contributed by atoms with Gasteiger partial charge in [-0.25, -0.2) is 14.6 Å². The van der Waals surface area contributed by atoms with Crippen LogP contribution in [0.3, 0.4) is 0 Å². The molecule has 3 amide bonds. The Morgan fingerprint density at radius 2 is 2.19 bits per heavy atom. The summed E-state index contributed by atoms with van der Waals surface area (Å²) in [5.74, 6) is -1.31. The summed E-state index contributed by atoms with van der Waals surface area (Å²) < 4.78 is 0. The SMILES string of the molecule is O=C1CN(C(=O)N2Cc3[nH]cnc3CC2C(=O)O)CCN1. The van der Waals surface area contributed by atoms with Crippen molar-refractivity contribution in [3.63, 3.8) is 0 Å². The van der Waals surface area contributed by atoms with Gasteiger partial charge in [0.05, 0.1) is 24.3 Å². The number of carbonyl (C=O) groups excluding carboxylic acids is 2. The molecule has 112 valence electrons. The van der Waals surface area contributed by atoms with Crippen LogP contribution in [0.15, 0.2) is 6.33 Å². The summed E-state index contributed by atoms with van der Waals surface area (Å²) in [7, 11) is 0. The maximum atomic E-state index is 12.5. The highest BCUT2D eigenvalue weighted by Crippen LogP contribution is 2.22. The van der Waals surface area contributed by atoms with E-state index in [1.165, 1.54) is 16.1 Å². The first-order chi connectivity index (χ1) is 10.1. The Kier molecular flexibility index (Phi) is 3.24. The molecule has 1 fully saturated rings. The van der Waals surface area contributed by atoms with Crippen molar-refractivity contribution in [2.45, 2.75) is 19.0 Å². The minimum absolute atomic E-state index is 0.0441. The Balaban J connectivity index is 1.83. The first-order valence-electron chi connectivity index (χ1n) is 6.62. The lowest BCUT2D eigenvalue weighted by Gasteiger charge is -2.37. The number of hydrogen-bond donors (Lipinski definition) is 3. The van der Waals surface area contributed by atoms with Crippen molar-refractivity contribution in [3.05, 3.63) is 17.7 Å². The number of urea groups is 1. The monoisotopic (exact) mass is 293 g/mol. The molecule has 3 rings (SSSR count). The van der Waals surface area contributed by atoms with Gasteiger partial charge in [-0.15, -0.1) is 0 Å². The quantitative estimate of drug-likeness (QED) is 0.599. The van der Waals surface area contributed by atoms with E-state index in [1.807, 2.05) is 0 Å². The molecule has 0 radical (unpaired) electrons. The van der Waals surface area contributed by atoms with Crippen molar-refractivity contribution >= 4 is 17.9 Å². The Bertz CT molecular complexity index is 598. The van der Waals surface area contributed by atoms with Gasteiger partial charge in [0, 0.05) is 19.5 Å². The van der Waals surface area contributed by atoms with E-state index >= 15 is 0 Å². The fraction of sp³-hybridized carbons (Fsp3) is 0.500. The second kappa shape index (κ2) is 5.08. The predicted molar refractivity (Wildman–Crippen MR) is 69.2 cm³/mol. The summed E-state index contributed by atoms with van der Waals surface area (Å²) in [6.07, 6.45) is 1.66. The molecule has 0 bridgehead atoms. The number of amides is 3. The topological polar surface area (TPSA) is 119 Å². The average Bonchev–Trinajstić information content (AvgIpc) is 2.92. The first-order valence-corrected chi connectivity index (χ1v) is 6.62. The van der Waals surface area contributed by atoms with E-state index in [4.69, 9.17) is 0 Å². The number of aromatic amines is 1. The smallest absolute Gasteiger partial charge is 0.326 e. The maximum absolute atomic E-state index is 12.5. The Labute approximate surface area is 119 Å². The summed E-state index contributed by atoms with van der Waals surface area (Å²) in [6, 6.07) is -1.39. The molecule has 3 N–H and O–H groups in total. The molecule has 0 saturated carbocycles. The lowest BCUT2D eigenvalue weighted by Crippen LogP contribution is -2.58. The van der Waals surface area contributed by atoms with Gasteiger partial charge in [0.2, 0.25) is 5.91 Å². The van der Waals surface area contributed by atoms with Crippen LogP contribution in [0.25, 0.3) is 0 Å². The zero-order valence-corrected chi connectivity index (χ0v) is 11.2. The molecule has 2 aliphatic heterocycles. The van der Waals surface area contributed by atoms with Gasteiger partial charge in [-0.1, -0.05) is 0 Å². The number of carbonyl (C=O) groups is 3. The van der Waals surface area contributed by atoms with Crippen molar-refractivity contribution in [1.29, 1.82) is 0 Å². The average molecular weight is 293 g/mol. The molecule has 0 aromatic carbocycles. The first kappa shape index (κ1) is 13.4. The van der Waals surface area contributed by atoms with Gasteiger partial charge in [-0.05, 0) is 0 Å². The number of carboxylic acid groups (broad SMARTS) is 1. The summed E-state index contributed by atoms with van der Waals surface area (Å²) in [5.41, 5.74) is 1.41. The normalized spacial score (nSPS) is 21.7. The lowest BCUT2D eigenvalue weighted by molar-refractivity contribution is -0.143. The molecule has 0 spiro atoms. The zero-order valence-electron chi connectivity index (χ0n) is 11.2. The number of H-pyrrole nitrogens is 1. The number of rotatable bonds is 1. The van der Waals surface area contributed by atoms with Crippen LogP contribution in [0.1, 0.15) is 11.4 Å². The highest BCUT2D eigenvalue weighted by atomic mass is 16.4. The molecule has 1 aromatic heterocycles. The highest BCUT2D eigenvalue weighted by molar-refractivity contribution is 5.88. The largest absolute Gasteiger partial charge is 0.480 e. The van der Waals surface area contributed by atoms with Crippen LogP contribution in [-0.4, -0.2) is 68.5 Å². The molecule has 0 aliphatic carbocycles. The molecule has 1 saturated heterocycles. The minimum Gasteiger partial charge on any atom is -0.480 e. The van der Waals surface area contributed by atoms with E-state index in [0.29, 0.717) is 18.8 Å². The number of hydrogen-bond acceptors (Lipinski definition) is 4. The van der Waals surface area contributed by atoms with Crippen molar-refractivity contribution in [3.8, 4) is 0 Å².